The molecule has 0 radical (unpaired) electrons. The van der Waals surface area contributed by atoms with Crippen molar-refractivity contribution >= 4 is 46.8 Å². The van der Waals surface area contributed by atoms with Crippen LogP contribution in [0, 0.1) is 0 Å². The first-order valence-electron chi connectivity index (χ1n) is 10.3. The van der Waals surface area contributed by atoms with E-state index in [2.05, 4.69) is 5.32 Å². The number of carbonyl (C=O) groups is 2. The summed E-state index contributed by atoms with van der Waals surface area (Å²) in [7, 11) is 0. The Morgan fingerprint density at radius 3 is 2.19 bits per heavy atom. The van der Waals surface area contributed by atoms with Crippen LogP contribution < -0.4 is 5.32 Å². The highest BCUT2D eigenvalue weighted by Gasteiger charge is 2.31. The fourth-order valence-electron chi connectivity index (χ4n) is 3.14. The van der Waals surface area contributed by atoms with E-state index in [1.807, 2.05) is 58.0 Å². The number of nitrogens with zero attached hydrogens (tertiary/aromatic N) is 1. The Labute approximate surface area is 199 Å². The molecule has 0 bridgehead atoms. The highest BCUT2D eigenvalue weighted by molar-refractivity contribution is 7.99. The number of thioether (sulfide) groups is 1. The Balaban J connectivity index is 2.23. The maximum absolute atomic E-state index is 13.3. The van der Waals surface area contributed by atoms with Crippen LogP contribution in [0.15, 0.2) is 53.4 Å². The van der Waals surface area contributed by atoms with Crippen molar-refractivity contribution in [2.24, 2.45) is 0 Å². The van der Waals surface area contributed by atoms with Crippen molar-refractivity contribution in [3.63, 3.8) is 0 Å². The third kappa shape index (κ3) is 8.06. The van der Waals surface area contributed by atoms with Gasteiger partial charge in [-0.25, -0.2) is 0 Å². The number of hydrogen-bond donors (Lipinski definition) is 1. The predicted octanol–water partition coefficient (Wildman–Crippen LogP) is 6.20. The largest absolute Gasteiger partial charge is 0.350 e. The molecule has 0 aliphatic heterocycles. The third-order valence-corrected chi connectivity index (χ3v) is 6.32. The van der Waals surface area contributed by atoms with E-state index in [0.29, 0.717) is 34.2 Å². The van der Waals surface area contributed by atoms with E-state index in [0.717, 1.165) is 4.90 Å². The summed E-state index contributed by atoms with van der Waals surface area (Å²) in [6.45, 7) is 7.85. The summed E-state index contributed by atoms with van der Waals surface area (Å²) in [6, 6.07) is 14.6. The SMILES string of the molecule is CCC(C(=O)NC(C)(C)C)N(Cc1c(Cl)cccc1Cl)C(=O)CCSc1ccccc1. The summed E-state index contributed by atoms with van der Waals surface area (Å²) < 4.78 is 0. The molecule has 0 aliphatic carbocycles. The molecular weight excluding hydrogens is 451 g/mol. The normalized spacial score (nSPS) is 12.3. The van der Waals surface area contributed by atoms with Gasteiger partial charge in [-0.1, -0.05) is 54.4 Å². The zero-order valence-corrected chi connectivity index (χ0v) is 20.8. The summed E-state index contributed by atoms with van der Waals surface area (Å²) in [4.78, 5) is 29.0. The number of hydrogen-bond acceptors (Lipinski definition) is 3. The van der Waals surface area contributed by atoms with Crippen LogP contribution in [-0.2, 0) is 16.1 Å². The molecule has 1 N–H and O–H groups in total. The third-order valence-electron chi connectivity index (χ3n) is 4.60. The van der Waals surface area contributed by atoms with Crippen LogP contribution in [0.25, 0.3) is 0 Å². The van der Waals surface area contributed by atoms with Crippen LogP contribution in [0.5, 0.6) is 0 Å². The van der Waals surface area contributed by atoms with Crippen LogP contribution in [-0.4, -0.2) is 34.0 Å². The highest BCUT2D eigenvalue weighted by atomic mass is 35.5. The molecule has 168 valence electrons. The summed E-state index contributed by atoms with van der Waals surface area (Å²) in [6.07, 6.45) is 0.794. The van der Waals surface area contributed by atoms with Gasteiger partial charge in [0.1, 0.15) is 6.04 Å². The first-order chi connectivity index (χ1) is 14.6. The number of halogens is 2. The van der Waals surface area contributed by atoms with Crippen molar-refractivity contribution < 1.29 is 9.59 Å². The fourth-order valence-corrected chi connectivity index (χ4v) is 4.52. The molecule has 0 aromatic heterocycles. The number of rotatable bonds is 9. The first-order valence-corrected chi connectivity index (χ1v) is 12.1. The van der Waals surface area contributed by atoms with Gasteiger partial charge in [-0.3, -0.25) is 9.59 Å². The van der Waals surface area contributed by atoms with Gasteiger partial charge in [0.05, 0.1) is 0 Å². The Hall–Kier alpha value is -1.69. The van der Waals surface area contributed by atoms with Crippen LogP contribution >= 0.6 is 35.0 Å². The van der Waals surface area contributed by atoms with E-state index < -0.39 is 11.6 Å². The van der Waals surface area contributed by atoms with Crippen LogP contribution in [0.1, 0.15) is 46.1 Å². The zero-order valence-electron chi connectivity index (χ0n) is 18.5. The summed E-state index contributed by atoms with van der Waals surface area (Å²) in [5, 5.41) is 3.96. The minimum atomic E-state index is -0.610. The van der Waals surface area contributed by atoms with Gasteiger partial charge >= 0.3 is 0 Å². The summed E-state index contributed by atoms with van der Waals surface area (Å²) >= 11 is 14.4. The Morgan fingerprint density at radius 1 is 1.03 bits per heavy atom. The molecule has 1 atom stereocenters. The molecule has 31 heavy (non-hydrogen) atoms. The molecule has 2 aromatic carbocycles. The van der Waals surface area contributed by atoms with Crippen molar-refractivity contribution in [3.05, 3.63) is 64.1 Å². The minimum absolute atomic E-state index is 0.102. The topological polar surface area (TPSA) is 49.4 Å². The second-order valence-corrected chi connectivity index (χ2v) is 10.3. The lowest BCUT2D eigenvalue weighted by Gasteiger charge is -2.33. The Kier molecular flexibility index (Phi) is 9.73. The van der Waals surface area contributed by atoms with E-state index in [1.54, 1.807) is 34.9 Å². The smallest absolute Gasteiger partial charge is 0.243 e. The van der Waals surface area contributed by atoms with Gasteiger partial charge in [0.2, 0.25) is 11.8 Å². The van der Waals surface area contributed by atoms with Gasteiger partial charge in [-0.2, -0.15) is 0 Å². The first kappa shape index (κ1) is 25.6. The molecule has 1 unspecified atom stereocenters. The van der Waals surface area contributed by atoms with Crippen molar-refractivity contribution in [3.8, 4) is 0 Å². The quantitative estimate of drug-likeness (QED) is 0.434. The highest BCUT2D eigenvalue weighted by Crippen LogP contribution is 2.28. The standard InChI is InChI=1S/C24H30Cl2N2O2S/c1-5-21(23(30)27-24(2,3)4)28(16-18-19(25)12-9-13-20(18)26)22(29)14-15-31-17-10-7-6-8-11-17/h6-13,21H,5,14-16H2,1-4H3,(H,27,30). The van der Waals surface area contributed by atoms with Gasteiger partial charge < -0.3 is 10.2 Å². The molecule has 0 aliphatic rings. The number of carbonyl (C=O) groups excluding carboxylic acids is 2. The molecule has 7 heteroatoms. The molecule has 2 aromatic rings. The molecule has 0 fully saturated rings. The number of benzene rings is 2. The lowest BCUT2D eigenvalue weighted by Crippen LogP contribution is -2.53. The van der Waals surface area contributed by atoms with Crippen molar-refractivity contribution in [2.75, 3.05) is 5.75 Å². The maximum Gasteiger partial charge on any atom is 0.243 e. The lowest BCUT2D eigenvalue weighted by molar-refractivity contribution is -0.141. The van der Waals surface area contributed by atoms with Gasteiger partial charge in [0.15, 0.2) is 0 Å². The lowest BCUT2D eigenvalue weighted by atomic mass is 10.1. The van der Waals surface area contributed by atoms with Crippen molar-refractivity contribution in [1.29, 1.82) is 0 Å². The molecular formula is C24H30Cl2N2O2S. The minimum Gasteiger partial charge on any atom is -0.350 e. The average molecular weight is 481 g/mol. The van der Waals surface area contributed by atoms with Crippen molar-refractivity contribution in [1.82, 2.24) is 10.2 Å². The predicted molar refractivity (Wildman–Crippen MR) is 131 cm³/mol. The van der Waals surface area contributed by atoms with Gasteiger partial charge in [0.25, 0.3) is 0 Å². The Bertz CT molecular complexity index is 865. The maximum atomic E-state index is 13.3. The summed E-state index contributed by atoms with van der Waals surface area (Å²) in [5.41, 5.74) is 0.252. The molecule has 4 nitrogen and oxygen atoms in total. The number of nitrogens with one attached hydrogen (secondary N) is 1. The molecule has 0 spiro atoms. The monoisotopic (exact) mass is 480 g/mol. The van der Waals surface area contributed by atoms with Gasteiger partial charge in [-0.05, 0) is 51.5 Å². The van der Waals surface area contributed by atoms with Crippen molar-refractivity contribution in [2.45, 2.75) is 63.6 Å². The second kappa shape index (κ2) is 11.8. The zero-order chi connectivity index (χ0) is 23.0. The molecule has 2 amide bonds. The van der Waals surface area contributed by atoms with Crippen LogP contribution in [0.3, 0.4) is 0 Å². The molecule has 0 heterocycles. The van der Waals surface area contributed by atoms with Gasteiger partial charge in [-0.15, -0.1) is 11.8 Å². The van der Waals surface area contributed by atoms with Gasteiger partial charge in [0, 0.05) is 44.8 Å². The van der Waals surface area contributed by atoms with Crippen LogP contribution in [0.2, 0.25) is 10.0 Å². The number of amides is 2. The Morgan fingerprint density at radius 2 is 1.65 bits per heavy atom. The van der Waals surface area contributed by atoms with Crippen LogP contribution in [0.4, 0.5) is 0 Å². The van der Waals surface area contributed by atoms with E-state index in [1.165, 1.54) is 0 Å². The molecule has 0 saturated heterocycles. The van der Waals surface area contributed by atoms with E-state index in [9.17, 15) is 9.59 Å². The molecule has 0 saturated carbocycles. The second-order valence-electron chi connectivity index (χ2n) is 8.30. The summed E-state index contributed by atoms with van der Waals surface area (Å²) in [5.74, 6) is 0.338. The molecule has 2 rings (SSSR count). The van der Waals surface area contributed by atoms with E-state index in [4.69, 9.17) is 23.2 Å². The van der Waals surface area contributed by atoms with E-state index in [-0.39, 0.29) is 18.4 Å². The van der Waals surface area contributed by atoms with E-state index >= 15 is 0 Å². The average Bonchev–Trinajstić information content (AvgIpc) is 2.69. The fraction of sp³-hybridized carbons (Fsp3) is 0.417.